The summed E-state index contributed by atoms with van der Waals surface area (Å²) in [4.78, 5) is 12.7. The summed E-state index contributed by atoms with van der Waals surface area (Å²) < 4.78 is 0. The number of nitrogens with one attached hydrogen (secondary N) is 1. The molecule has 0 saturated carbocycles. The number of carbonyl (C=O) groups excluding carboxylic acids is 1. The van der Waals surface area contributed by atoms with E-state index in [2.05, 4.69) is 12.2 Å². The van der Waals surface area contributed by atoms with Crippen LogP contribution in [-0.2, 0) is 0 Å². The Morgan fingerprint density at radius 1 is 1.58 bits per heavy atom. The van der Waals surface area contributed by atoms with Gasteiger partial charge >= 0.3 is 6.03 Å². The highest BCUT2D eigenvalue weighted by atomic mass is 16.2. The lowest BCUT2D eigenvalue weighted by atomic mass is 10.2. The van der Waals surface area contributed by atoms with E-state index < -0.39 is 0 Å². The number of hydrogen-bond donors (Lipinski definition) is 2. The zero-order chi connectivity index (χ0) is 9.56. The topological polar surface area (TPSA) is 58.4 Å². The molecule has 1 unspecified atom stereocenters. The summed E-state index contributed by atoms with van der Waals surface area (Å²) in [6.45, 7) is 2.58. The van der Waals surface area contributed by atoms with Gasteiger partial charge in [-0.3, -0.25) is 0 Å². The van der Waals surface area contributed by atoms with E-state index >= 15 is 0 Å². The summed E-state index contributed by atoms with van der Waals surface area (Å²) in [5.74, 6) is 0. The predicted molar refractivity (Wildman–Crippen MR) is 50.0 cm³/mol. The Balaban J connectivity index is 3.77. The second-order valence-corrected chi connectivity index (χ2v) is 3.07. The van der Waals surface area contributed by atoms with Gasteiger partial charge in [0.1, 0.15) is 0 Å². The van der Waals surface area contributed by atoms with Crippen LogP contribution in [0.4, 0.5) is 4.79 Å². The van der Waals surface area contributed by atoms with Gasteiger partial charge in [-0.1, -0.05) is 13.3 Å². The molecule has 0 aromatic heterocycles. The van der Waals surface area contributed by atoms with Crippen molar-refractivity contribution in [2.45, 2.75) is 25.8 Å². The summed E-state index contributed by atoms with van der Waals surface area (Å²) in [7, 11) is 3.43. The SMILES string of the molecule is CCCC(CN)NC(=O)N(C)C. The Morgan fingerprint density at radius 2 is 2.17 bits per heavy atom. The maximum absolute atomic E-state index is 11.1. The van der Waals surface area contributed by atoms with Gasteiger partial charge in [0.05, 0.1) is 0 Å². The van der Waals surface area contributed by atoms with Gasteiger partial charge in [-0.25, -0.2) is 4.79 Å². The molecule has 2 amide bonds. The normalized spacial score (nSPS) is 12.3. The summed E-state index contributed by atoms with van der Waals surface area (Å²) >= 11 is 0. The monoisotopic (exact) mass is 173 g/mol. The maximum Gasteiger partial charge on any atom is 0.317 e. The van der Waals surface area contributed by atoms with Crippen LogP contribution in [0.25, 0.3) is 0 Å². The van der Waals surface area contributed by atoms with Crippen LogP contribution >= 0.6 is 0 Å². The fourth-order valence-corrected chi connectivity index (χ4v) is 0.901. The molecule has 4 heteroatoms. The standard InChI is InChI=1S/C8H19N3O/c1-4-5-7(6-9)10-8(12)11(2)3/h7H,4-6,9H2,1-3H3,(H,10,12). The average molecular weight is 173 g/mol. The molecule has 0 aliphatic rings. The van der Waals surface area contributed by atoms with E-state index in [1.165, 1.54) is 4.90 Å². The van der Waals surface area contributed by atoms with Crippen LogP contribution in [0.5, 0.6) is 0 Å². The number of nitrogens with zero attached hydrogens (tertiary/aromatic N) is 1. The van der Waals surface area contributed by atoms with E-state index in [-0.39, 0.29) is 12.1 Å². The van der Waals surface area contributed by atoms with Gasteiger partial charge in [-0.15, -0.1) is 0 Å². The number of hydrogen-bond acceptors (Lipinski definition) is 2. The first-order chi connectivity index (χ1) is 5.61. The lowest BCUT2D eigenvalue weighted by molar-refractivity contribution is 0.212. The molecule has 72 valence electrons. The third-order valence-electron chi connectivity index (χ3n) is 1.66. The highest BCUT2D eigenvalue weighted by molar-refractivity contribution is 5.73. The van der Waals surface area contributed by atoms with E-state index in [4.69, 9.17) is 5.73 Å². The number of rotatable bonds is 4. The van der Waals surface area contributed by atoms with E-state index in [0.29, 0.717) is 6.54 Å². The molecule has 0 saturated heterocycles. The number of nitrogens with two attached hydrogens (primary N) is 1. The average Bonchev–Trinajstić information content (AvgIpc) is 2.03. The zero-order valence-electron chi connectivity index (χ0n) is 8.13. The van der Waals surface area contributed by atoms with Gasteiger partial charge in [0.2, 0.25) is 0 Å². The number of urea groups is 1. The number of carbonyl (C=O) groups is 1. The predicted octanol–water partition coefficient (Wildman–Crippen LogP) is 0.385. The Kier molecular flexibility index (Phi) is 5.45. The molecule has 4 nitrogen and oxygen atoms in total. The summed E-state index contributed by atoms with van der Waals surface area (Å²) in [6.07, 6.45) is 1.98. The first-order valence-electron chi connectivity index (χ1n) is 4.29. The fraction of sp³-hybridized carbons (Fsp3) is 0.875. The van der Waals surface area contributed by atoms with Crippen LogP contribution in [0.2, 0.25) is 0 Å². The molecular formula is C8H19N3O. The smallest absolute Gasteiger partial charge is 0.317 e. The molecule has 0 aromatic carbocycles. The van der Waals surface area contributed by atoms with Crippen molar-refractivity contribution in [2.75, 3.05) is 20.6 Å². The van der Waals surface area contributed by atoms with Crippen molar-refractivity contribution in [3.05, 3.63) is 0 Å². The summed E-state index contributed by atoms with van der Waals surface area (Å²) in [5.41, 5.74) is 5.47. The lowest BCUT2D eigenvalue weighted by Crippen LogP contribution is -2.44. The molecule has 0 heterocycles. The van der Waals surface area contributed by atoms with Crippen LogP contribution in [-0.4, -0.2) is 37.6 Å². The van der Waals surface area contributed by atoms with E-state index in [1.54, 1.807) is 14.1 Å². The minimum absolute atomic E-state index is 0.0705. The minimum Gasteiger partial charge on any atom is -0.334 e. The highest BCUT2D eigenvalue weighted by Crippen LogP contribution is 1.94. The second kappa shape index (κ2) is 5.83. The molecule has 0 radical (unpaired) electrons. The first-order valence-corrected chi connectivity index (χ1v) is 4.29. The van der Waals surface area contributed by atoms with Gasteiger partial charge in [0.15, 0.2) is 0 Å². The van der Waals surface area contributed by atoms with Crippen molar-refractivity contribution in [3.8, 4) is 0 Å². The Bertz CT molecular complexity index is 136. The van der Waals surface area contributed by atoms with E-state index in [0.717, 1.165) is 12.8 Å². The van der Waals surface area contributed by atoms with Gasteiger partial charge in [0, 0.05) is 26.7 Å². The van der Waals surface area contributed by atoms with E-state index in [9.17, 15) is 4.79 Å². The molecule has 1 atom stereocenters. The zero-order valence-corrected chi connectivity index (χ0v) is 8.13. The Hall–Kier alpha value is -0.770. The van der Waals surface area contributed by atoms with Crippen molar-refractivity contribution in [1.29, 1.82) is 0 Å². The molecule has 0 aliphatic carbocycles. The highest BCUT2D eigenvalue weighted by Gasteiger charge is 2.09. The van der Waals surface area contributed by atoms with Crippen molar-refractivity contribution in [1.82, 2.24) is 10.2 Å². The molecule has 3 N–H and O–H groups in total. The molecule has 0 rings (SSSR count). The van der Waals surface area contributed by atoms with Gasteiger partial charge in [-0.2, -0.15) is 0 Å². The van der Waals surface area contributed by atoms with Gasteiger partial charge in [0.25, 0.3) is 0 Å². The molecule has 0 bridgehead atoms. The van der Waals surface area contributed by atoms with Gasteiger partial charge in [-0.05, 0) is 6.42 Å². The summed E-state index contributed by atoms with van der Waals surface area (Å²) in [5, 5.41) is 2.83. The van der Waals surface area contributed by atoms with Crippen LogP contribution in [0.15, 0.2) is 0 Å². The van der Waals surface area contributed by atoms with Crippen molar-refractivity contribution in [2.24, 2.45) is 5.73 Å². The Morgan fingerprint density at radius 3 is 2.50 bits per heavy atom. The second-order valence-electron chi connectivity index (χ2n) is 3.07. The third kappa shape index (κ3) is 4.18. The lowest BCUT2D eigenvalue weighted by Gasteiger charge is -2.19. The molecule has 0 fully saturated rings. The van der Waals surface area contributed by atoms with Crippen molar-refractivity contribution < 1.29 is 4.79 Å². The largest absolute Gasteiger partial charge is 0.334 e. The molecular weight excluding hydrogens is 154 g/mol. The minimum atomic E-state index is -0.0705. The molecule has 0 aromatic rings. The third-order valence-corrected chi connectivity index (χ3v) is 1.66. The summed E-state index contributed by atoms with van der Waals surface area (Å²) in [6, 6.07) is 0.0452. The van der Waals surface area contributed by atoms with Gasteiger partial charge < -0.3 is 16.0 Å². The van der Waals surface area contributed by atoms with Crippen molar-refractivity contribution >= 4 is 6.03 Å². The first kappa shape index (κ1) is 11.2. The van der Waals surface area contributed by atoms with Crippen LogP contribution < -0.4 is 11.1 Å². The Labute approximate surface area is 74.1 Å². The maximum atomic E-state index is 11.1. The molecule has 0 aliphatic heterocycles. The van der Waals surface area contributed by atoms with E-state index in [1.807, 2.05) is 0 Å². The number of amides is 2. The van der Waals surface area contributed by atoms with Crippen LogP contribution in [0, 0.1) is 0 Å². The van der Waals surface area contributed by atoms with Crippen LogP contribution in [0.3, 0.4) is 0 Å². The molecule has 0 spiro atoms. The van der Waals surface area contributed by atoms with Crippen molar-refractivity contribution in [3.63, 3.8) is 0 Å². The fourth-order valence-electron chi connectivity index (χ4n) is 0.901. The quantitative estimate of drug-likeness (QED) is 0.646. The van der Waals surface area contributed by atoms with Crippen LogP contribution in [0.1, 0.15) is 19.8 Å². The molecule has 12 heavy (non-hydrogen) atoms.